The summed E-state index contributed by atoms with van der Waals surface area (Å²) in [5, 5.41) is 3.29. The molecular weight excluding hydrogens is 168 g/mol. The van der Waals surface area contributed by atoms with Gasteiger partial charge in [0, 0.05) is 19.6 Å². The number of carbonyl (C=O) groups excluding carboxylic acids is 1. The van der Waals surface area contributed by atoms with Crippen LogP contribution in [0.15, 0.2) is 0 Å². The van der Waals surface area contributed by atoms with E-state index in [1.807, 2.05) is 0 Å². The van der Waals surface area contributed by atoms with Gasteiger partial charge in [0.2, 0.25) is 5.91 Å². The first kappa shape index (κ1) is 10.5. The first-order valence-corrected chi connectivity index (χ1v) is 4.86. The number of nitrogens with two attached hydrogens (primary N) is 1. The van der Waals surface area contributed by atoms with Crippen LogP contribution < -0.4 is 11.1 Å². The summed E-state index contributed by atoms with van der Waals surface area (Å²) >= 11 is 0. The van der Waals surface area contributed by atoms with E-state index in [1.165, 1.54) is 0 Å². The summed E-state index contributed by atoms with van der Waals surface area (Å²) < 4.78 is 5.24. The van der Waals surface area contributed by atoms with Crippen molar-refractivity contribution in [3.63, 3.8) is 0 Å². The normalized spacial score (nSPS) is 22.0. The fourth-order valence-corrected chi connectivity index (χ4v) is 1.44. The first-order chi connectivity index (χ1) is 6.29. The monoisotopic (exact) mass is 186 g/mol. The molecule has 3 N–H and O–H groups in total. The standard InChI is InChI=1S/C9H18N2O2/c10-9(12)2-1-4-11-6-8-3-5-13-7-8/h8,11H,1-7H2,(H2,10,12). The number of carbonyl (C=O) groups is 1. The number of primary amides is 1. The third-order valence-corrected chi connectivity index (χ3v) is 2.23. The maximum atomic E-state index is 10.4. The lowest BCUT2D eigenvalue weighted by atomic mass is 10.1. The fourth-order valence-electron chi connectivity index (χ4n) is 1.44. The van der Waals surface area contributed by atoms with E-state index >= 15 is 0 Å². The van der Waals surface area contributed by atoms with Crippen molar-refractivity contribution in [3.05, 3.63) is 0 Å². The SMILES string of the molecule is NC(=O)CCCNCC1CCOC1. The van der Waals surface area contributed by atoms with Crippen LogP contribution in [-0.2, 0) is 9.53 Å². The van der Waals surface area contributed by atoms with Crippen LogP contribution in [0.2, 0.25) is 0 Å². The summed E-state index contributed by atoms with van der Waals surface area (Å²) in [6.45, 7) is 3.65. The summed E-state index contributed by atoms with van der Waals surface area (Å²) in [6, 6.07) is 0. The van der Waals surface area contributed by atoms with E-state index in [2.05, 4.69) is 5.32 Å². The molecule has 0 spiro atoms. The highest BCUT2D eigenvalue weighted by atomic mass is 16.5. The van der Waals surface area contributed by atoms with Gasteiger partial charge in [-0.15, -0.1) is 0 Å². The number of ether oxygens (including phenoxy) is 1. The average Bonchev–Trinajstić information content (AvgIpc) is 2.55. The molecular formula is C9H18N2O2. The van der Waals surface area contributed by atoms with E-state index in [0.717, 1.165) is 39.1 Å². The van der Waals surface area contributed by atoms with Crippen LogP contribution in [0.1, 0.15) is 19.3 Å². The molecule has 4 heteroatoms. The van der Waals surface area contributed by atoms with Crippen molar-refractivity contribution in [3.8, 4) is 0 Å². The molecule has 13 heavy (non-hydrogen) atoms. The topological polar surface area (TPSA) is 64.4 Å². The summed E-state index contributed by atoms with van der Waals surface area (Å²) in [5.41, 5.74) is 5.01. The van der Waals surface area contributed by atoms with Gasteiger partial charge in [-0.1, -0.05) is 0 Å². The van der Waals surface area contributed by atoms with Gasteiger partial charge in [-0.25, -0.2) is 0 Å². The zero-order valence-corrected chi connectivity index (χ0v) is 7.92. The molecule has 76 valence electrons. The molecule has 1 fully saturated rings. The van der Waals surface area contributed by atoms with E-state index in [4.69, 9.17) is 10.5 Å². The third-order valence-electron chi connectivity index (χ3n) is 2.23. The Morgan fingerprint density at radius 1 is 1.62 bits per heavy atom. The van der Waals surface area contributed by atoms with Gasteiger partial charge in [-0.05, 0) is 25.3 Å². The number of rotatable bonds is 6. The Hall–Kier alpha value is -0.610. The van der Waals surface area contributed by atoms with Crippen LogP contribution in [0.5, 0.6) is 0 Å². The highest BCUT2D eigenvalue weighted by Gasteiger charge is 2.14. The number of hydrogen-bond donors (Lipinski definition) is 2. The van der Waals surface area contributed by atoms with E-state index in [-0.39, 0.29) is 5.91 Å². The lowest BCUT2D eigenvalue weighted by Crippen LogP contribution is -2.25. The van der Waals surface area contributed by atoms with Crippen molar-refractivity contribution in [2.24, 2.45) is 11.7 Å². The molecule has 1 saturated heterocycles. The Kier molecular flexibility index (Phi) is 4.78. The summed E-state index contributed by atoms with van der Waals surface area (Å²) in [6.07, 6.45) is 2.47. The van der Waals surface area contributed by atoms with E-state index < -0.39 is 0 Å². The van der Waals surface area contributed by atoms with Crippen molar-refractivity contribution in [2.75, 3.05) is 26.3 Å². The van der Waals surface area contributed by atoms with Crippen LogP contribution in [0.4, 0.5) is 0 Å². The minimum absolute atomic E-state index is 0.217. The minimum Gasteiger partial charge on any atom is -0.381 e. The third kappa shape index (κ3) is 4.85. The second-order valence-corrected chi connectivity index (χ2v) is 3.50. The van der Waals surface area contributed by atoms with Crippen LogP contribution >= 0.6 is 0 Å². The molecule has 0 aromatic rings. The highest BCUT2D eigenvalue weighted by Crippen LogP contribution is 2.10. The second-order valence-electron chi connectivity index (χ2n) is 3.50. The van der Waals surface area contributed by atoms with E-state index in [1.54, 1.807) is 0 Å². The smallest absolute Gasteiger partial charge is 0.217 e. The Labute approximate surface area is 78.8 Å². The van der Waals surface area contributed by atoms with Gasteiger partial charge in [-0.2, -0.15) is 0 Å². The molecule has 1 rings (SSSR count). The number of amides is 1. The first-order valence-electron chi connectivity index (χ1n) is 4.86. The van der Waals surface area contributed by atoms with Gasteiger partial charge in [0.25, 0.3) is 0 Å². The van der Waals surface area contributed by atoms with Crippen molar-refractivity contribution in [1.82, 2.24) is 5.32 Å². The maximum Gasteiger partial charge on any atom is 0.217 e. The number of nitrogens with one attached hydrogen (secondary N) is 1. The molecule has 0 aliphatic carbocycles. The van der Waals surface area contributed by atoms with Crippen LogP contribution in [0.25, 0.3) is 0 Å². The Morgan fingerprint density at radius 3 is 3.08 bits per heavy atom. The molecule has 1 heterocycles. The molecule has 0 saturated carbocycles. The Balaban J connectivity index is 1.86. The van der Waals surface area contributed by atoms with Crippen LogP contribution in [0, 0.1) is 5.92 Å². The molecule has 1 aliphatic rings. The van der Waals surface area contributed by atoms with Crippen molar-refractivity contribution >= 4 is 5.91 Å². The van der Waals surface area contributed by atoms with Crippen LogP contribution in [0.3, 0.4) is 0 Å². The second kappa shape index (κ2) is 5.94. The highest BCUT2D eigenvalue weighted by molar-refractivity contribution is 5.73. The molecule has 1 amide bonds. The zero-order chi connectivity index (χ0) is 9.52. The molecule has 4 nitrogen and oxygen atoms in total. The van der Waals surface area contributed by atoms with Crippen LogP contribution in [-0.4, -0.2) is 32.2 Å². The predicted molar refractivity (Wildman–Crippen MR) is 50.2 cm³/mol. The molecule has 1 atom stereocenters. The quantitative estimate of drug-likeness (QED) is 0.568. The van der Waals surface area contributed by atoms with E-state index in [9.17, 15) is 4.79 Å². The molecule has 0 bridgehead atoms. The van der Waals surface area contributed by atoms with Gasteiger partial charge in [0.05, 0.1) is 6.61 Å². The Bertz CT molecular complexity index is 156. The number of hydrogen-bond acceptors (Lipinski definition) is 3. The van der Waals surface area contributed by atoms with Crippen molar-refractivity contribution < 1.29 is 9.53 Å². The van der Waals surface area contributed by atoms with Gasteiger partial charge >= 0.3 is 0 Å². The molecule has 1 aliphatic heterocycles. The van der Waals surface area contributed by atoms with Crippen molar-refractivity contribution in [2.45, 2.75) is 19.3 Å². The van der Waals surface area contributed by atoms with E-state index in [0.29, 0.717) is 12.3 Å². The lowest BCUT2D eigenvalue weighted by molar-refractivity contribution is -0.118. The fraction of sp³-hybridized carbons (Fsp3) is 0.889. The minimum atomic E-state index is -0.217. The average molecular weight is 186 g/mol. The molecule has 0 aromatic carbocycles. The van der Waals surface area contributed by atoms with Gasteiger partial charge in [-0.3, -0.25) is 4.79 Å². The Morgan fingerprint density at radius 2 is 2.46 bits per heavy atom. The molecule has 0 radical (unpaired) electrons. The van der Waals surface area contributed by atoms with Crippen molar-refractivity contribution in [1.29, 1.82) is 0 Å². The van der Waals surface area contributed by atoms with Gasteiger partial charge in [0.15, 0.2) is 0 Å². The molecule has 1 unspecified atom stereocenters. The maximum absolute atomic E-state index is 10.4. The lowest BCUT2D eigenvalue weighted by Gasteiger charge is -2.08. The largest absolute Gasteiger partial charge is 0.381 e. The predicted octanol–water partition coefficient (Wildman–Crippen LogP) is -0.122. The summed E-state index contributed by atoms with van der Waals surface area (Å²) in [5.74, 6) is 0.444. The van der Waals surface area contributed by atoms with Gasteiger partial charge in [0.1, 0.15) is 0 Å². The van der Waals surface area contributed by atoms with Gasteiger partial charge < -0.3 is 15.8 Å². The molecule has 0 aromatic heterocycles. The summed E-state index contributed by atoms with van der Waals surface area (Å²) in [7, 11) is 0. The zero-order valence-electron chi connectivity index (χ0n) is 7.92. The summed E-state index contributed by atoms with van der Waals surface area (Å²) in [4.78, 5) is 10.4.